The van der Waals surface area contributed by atoms with E-state index in [0.717, 1.165) is 16.5 Å². The summed E-state index contributed by atoms with van der Waals surface area (Å²) in [7, 11) is -3.67. The molecule has 3 rings (SSSR count). The number of carbonyl (C=O) groups is 1. The molecule has 0 fully saturated rings. The van der Waals surface area contributed by atoms with Crippen LogP contribution in [0.1, 0.15) is 11.1 Å². The molecule has 0 aromatic heterocycles. The Hall–Kier alpha value is -2.11. The van der Waals surface area contributed by atoms with Crippen molar-refractivity contribution in [3.05, 3.63) is 70.1 Å². The molecular formula is C17H14ClNO3S. The summed E-state index contributed by atoms with van der Waals surface area (Å²) in [5.74, 6) is -0.548. The number of amides is 1. The van der Waals surface area contributed by atoms with Gasteiger partial charge >= 0.3 is 0 Å². The van der Waals surface area contributed by atoms with Crippen molar-refractivity contribution < 1.29 is 13.2 Å². The Morgan fingerprint density at radius 1 is 1.09 bits per heavy atom. The Balaban J connectivity index is 1.89. The van der Waals surface area contributed by atoms with Crippen LogP contribution in [0.5, 0.6) is 0 Å². The van der Waals surface area contributed by atoms with Crippen molar-refractivity contribution in [1.82, 2.24) is 0 Å². The molecule has 0 saturated carbocycles. The molecule has 4 nitrogen and oxygen atoms in total. The molecule has 1 amide bonds. The smallest absolute Gasteiger partial charge is 0.243 e. The standard InChI is InChI=1S/C17H14ClNO3S/c18-14-5-7-15(8-6-14)19-17(20)16-11-13-4-2-1-3-12(13)9-10-23(16,21)22/h1-10,16H,11H2,(H,19,20). The third kappa shape index (κ3) is 3.46. The summed E-state index contributed by atoms with van der Waals surface area (Å²) in [6.07, 6.45) is 1.69. The van der Waals surface area contributed by atoms with Crippen molar-refractivity contribution in [3.63, 3.8) is 0 Å². The van der Waals surface area contributed by atoms with E-state index in [-0.39, 0.29) is 6.42 Å². The maximum absolute atomic E-state index is 12.5. The molecule has 1 heterocycles. The van der Waals surface area contributed by atoms with Gasteiger partial charge in [0, 0.05) is 16.1 Å². The van der Waals surface area contributed by atoms with Crippen LogP contribution >= 0.6 is 11.6 Å². The van der Waals surface area contributed by atoms with E-state index >= 15 is 0 Å². The molecule has 0 saturated heterocycles. The van der Waals surface area contributed by atoms with Gasteiger partial charge in [0.05, 0.1) is 0 Å². The van der Waals surface area contributed by atoms with E-state index in [1.54, 1.807) is 30.3 Å². The Morgan fingerprint density at radius 3 is 2.52 bits per heavy atom. The number of benzene rings is 2. The van der Waals surface area contributed by atoms with Crippen molar-refractivity contribution in [2.75, 3.05) is 5.32 Å². The van der Waals surface area contributed by atoms with E-state index in [2.05, 4.69) is 5.32 Å². The SMILES string of the molecule is O=C(Nc1ccc(Cl)cc1)C1Cc2ccccc2C=CS1(=O)=O. The van der Waals surface area contributed by atoms with Crippen molar-refractivity contribution in [2.45, 2.75) is 11.7 Å². The summed E-state index contributed by atoms with van der Waals surface area (Å²) in [5, 5.41) is 3.15. The highest BCUT2D eigenvalue weighted by atomic mass is 35.5. The van der Waals surface area contributed by atoms with Gasteiger partial charge in [0.1, 0.15) is 5.25 Å². The van der Waals surface area contributed by atoms with Crippen molar-refractivity contribution in [2.24, 2.45) is 0 Å². The van der Waals surface area contributed by atoms with Gasteiger partial charge in [-0.15, -0.1) is 0 Å². The van der Waals surface area contributed by atoms with Gasteiger partial charge in [0.15, 0.2) is 9.84 Å². The number of rotatable bonds is 2. The molecule has 1 atom stereocenters. The lowest BCUT2D eigenvalue weighted by atomic mass is 10.0. The average molecular weight is 348 g/mol. The monoisotopic (exact) mass is 347 g/mol. The van der Waals surface area contributed by atoms with Gasteiger partial charge in [0.25, 0.3) is 0 Å². The minimum Gasteiger partial charge on any atom is -0.325 e. The first-order chi connectivity index (χ1) is 11.0. The maximum atomic E-state index is 12.5. The van der Waals surface area contributed by atoms with Crippen LogP contribution in [0.15, 0.2) is 53.9 Å². The highest BCUT2D eigenvalue weighted by Gasteiger charge is 2.33. The van der Waals surface area contributed by atoms with Crippen LogP contribution < -0.4 is 5.32 Å². The average Bonchev–Trinajstić information content (AvgIpc) is 2.66. The Bertz CT molecular complexity index is 873. The van der Waals surface area contributed by atoms with Crippen LogP contribution in [0.4, 0.5) is 5.69 Å². The summed E-state index contributed by atoms with van der Waals surface area (Å²) >= 11 is 5.80. The van der Waals surface area contributed by atoms with Gasteiger partial charge in [-0.1, -0.05) is 35.9 Å². The first-order valence-corrected chi connectivity index (χ1v) is 9.01. The van der Waals surface area contributed by atoms with Crippen LogP contribution in [0.3, 0.4) is 0 Å². The molecule has 2 aromatic rings. The first kappa shape index (κ1) is 15.8. The molecule has 1 aliphatic rings. The van der Waals surface area contributed by atoms with Crippen molar-refractivity contribution in [1.29, 1.82) is 0 Å². The molecule has 0 radical (unpaired) electrons. The van der Waals surface area contributed by atoms with E-state index in [1.165, 1.54) is 0 Å². The summed E-state index contributed by atoms with van der Waals surface area (Å²) < 4.78 is 24.8. The van der Waals surface area contributed by atoms with Gasteiger partial charge in [-0.3, -0.25) is 4.79 Å². The summed E-state index contributed by atoms with van der Waals surface area (Å²) in [6.45, 7) is 0. The molecule has 6 heteroatoms. The Labute approximate surface area is 139 Å². The van der Waals surface area contributed by atoms with Crippen LogP contribution in [0.25, 0.3) is 6.08 Å². The van der Waals surface area contributed by atoms with E-state index in [0.29, 0.717) is 10.7 Å². The molecule has 1 unspecified atom stereocenters. The number of anilines is 1. The van der Waals surface area contributed by atoms with Crippen molar-refractivity contribution in [3.8, 4) is 0 Å². The lowest BCUT2D eigenvalue weighted by molar-refractivity contribution is -0.115. The second-order valence-electron chi connectivity index (χ2n) is 5.28. The largest absolute Gasteiger partial charge is 0.325 e. The lowest BCUT2D eigenvalue weighted by Crippen LogP contribution is -2.35. The minimum absolute atomic E-state index is 0.144. The number of hydrogen-bond donors (Lipinski definition) is 1. The predicted octanol–water partition coefficient (Wildman–Crippen LogP) is 3.29. The fraction of sp³-hybridized carbons (Fsp3) is 0.118. The number of hydrogen-bond acceptors (Lipinski definition) is 3. The second kappa shape index (κ2) is 6.18. The first-order valence-electron chi connectivity index (χ1n) is 7.02. The van der Waals surface area contributed by atoms with E-state index < -0.39 is 21.0 Å². The predicted molar refractivity (Wildman–Crippen MR) is 92.0 cm³/mol. The topological polar surface area (TPSA) is 63.2 Å². The molecule has 0 spiro atoms. The molecule has 2 aromatic carbocycles. The minimum atomic E-state index is -3.67. The zero-order valence-electron chi connectivity index (χ0n) is 12.1. The van der Waals surface area contributed by atoms with Crippen molar-refractivity contribution >= 4 is 39.1 Å². The fourth-order valence-corrected chi connectivity index (χ4v) is 3.88. The summed E-state index contributed by atoms with van der Waals surface area (Å²) in [5.41, 5.74) is 2.16. The normalized spacial score (nSPS) is 18.7. The number of nitrogens with one attached hydrogen (secondary N) is 1. The van der Waals surface area contributed by atoms with E-state index in [1.807, 2.05) is 24.3 Å². The zero-order valence-corrected chi connectivity index (χ0v) is 13.6. The fourth-order valence-electron chi connectivity index (χ4n) is 2.46. The number of sulfone groups is 1. The summed E-state index contributed by atoms with van der Waals surface area (Å²) in [4.78, 5) is 12.5. The molecule has 0 bridgehead atoms. The van der Waals surface area contributed by atoms with Crippen LogP contribution in [0, 0.1) is 0 Å². The number of halogens is 1. The third-order valence-electron chi connectivity index (χ3n) is 3.70. The Morgan fingerprint density at radius 2 is 1.78 bits per heavy atom. The third-order valence-corrected chi connectivity index (χ3v) is 5.64. The second-order valence-corrected chi connectivity index (χ2v) is 7.74. The van der Waals surface area contributed by atoms with E-state index in [4.69, 9.17) is 11.6 Å². The molecule has 1 N–H and O–H groups in total. The van der Waals surface area contributed by atoms with Crippen LogP contribution in [-0.2, 0) is 21.1 Å². The molecule has 0 aliphatic carbocycles. The Kier molecular flexibility index (Phi) is 4.24. The van der Waals surface area contributed by atoms with Gasteiger partial charge in [-0.2, -0.15) is 0 Å². The number of carbonyl (C=O) groups excluding carboxylic acids is 1. The van der Waals surface area contributed by atoms with Gasteiger partial charge in [0.2, 0.25) is 5.91 Å². The number of fused-ring (bicyclic) bond motifs is 1. The molecule has 1 aliphatic heterocycles. The lowest BCUT2D eigenvalue weighted by Gasteiger charge is -2.15. The van der Waals surface area contributed by atoms with Gasteiger partial charge in [-0.05, 0) is 47.9 Å². The summed E-state index contributed by atoms with van der Waals surface area (Å²) in [6, 6.07) is 13.9. The zero-order chi connectivity index (χ0) is 16.4. The maximum Gasteiger partial charge on any atom is 0.243 e. The van der Waals surface area contributed by atoms with Gasteiger partial charge in [-0.25, -0.2) is 8.42 Å². The highest BCUT2D eigenvalue weighted by Crippen LogP contribution is 2.23. The van der Waals surface area contributed by atoms with E-state index in [9.17, 15) is 13.2 Å². The molecular weight excluding hydrogens is 334 g/mol. The quantitative estimate of drug-likeness (QED) is 0.906. The molecule has 118 valence electrons. The highest BCUT2D eigenvalue weighted by molar-refractivity contribution is 7.95. The van der Waals surface area contributed by atoms with Crippen LogP contribution in [0.2, 0.25) is 5.02 Å². The molecule has 23 heavy (non-hydrogen) atoms. The van der Waals surface area contributed by atoms with Gasteiger partial charge < -0.3 is 5.32 Å². The van der Waals surface area contributed by atoms with Crippen LogP contribution in [-0.4, -0.2) is 19.6 Å².